The van der Waals surface area contributed by atoms with Crippen molar-refractivity contribution >= 4 is 15.9 Å². The first-order valence-electron chi connectivity index (χ1n) is 7.41. The fourth-order valence-corrected chi connectivity index (χ4v) is 3.33. The van der Waals surface area contributed by atoms with Gasteiger partial charge in [-0.05, 0) is 24.1 Å². The molecule has 4 atom stereocenters. The van der Waals surface area contributed by atoms with E-state index in [9.17, 15) is 0 Å². The standard InChI is InChI=1S/C16H25BrN2O2/c1-4-13(18)16(11-5-7-12(17)8-6-11)19-9-14(20-2)15(10-19)21-3/h5-8,13-16H,4,9-10,18H2,1-3H3. The van der Waals surface area contributed by atoms with Crippen LogP contribution in [0.4, 0.5) is 0 Å². The SMILES string of the molecule is CCC(N)C(c1ccc(Br)cc1)N1CC(OC)C(OC)C1. The third-order valence-corrected chi connectivity index (χ3v) is 4.86. The first kappa shape index (κ1) is 16.9. The fourth-order valence-electron chi connectivity index (χ4n) is 3.06. The molecule has 1 aliphatic rings. The summed E-state index contributed by atoms with van der Waals surface area (Å²) in [5.74, 6) is 0. The van der Waals surface area contributed by atoms with Crippen LogP contribution in [0.15, 0.2) is 28.7 Å². The highest BCUT2D eigenvalue weighted by Crippen LogP contribution is 2.31. The second kappa shape index (κ2) is 7.70. The molecule has 0 bridgehead atoms. The highest BCUT2D eigenvalue weighted by atomic mass is 79.9. The molecular formula is C16H25BrN2O2. The largest absolute Gasteiger partial charge is 0.377 e. The Bertz CT molecular complexity index is 428. The monoisotopic (exact) mass is 356 g/mol. The lowest BCUT2D eigenvalue weighted by atomic mass is 9.96. The van der Waals surface area contributed by atoms with Crippen molar-refractivity contribution in [2.75, 3.05) is 27.3 Å². The average molecular weight is 357 g/mol. The Morgan fingerprint density at radius 2 is 1.71 bits per heavy atom. The van der Waals surface area contributed by atoms with Gasteiger partial charge in [-0.2, -0.15) is 0 Å². The Labute approximate surface area is 135 Å². The van der Waals surface area contributed by atoms with E-state index >= 15 is 0 Å². The van der Waals surface area contributed by atoms with Gasteiger partial charge in [0.2, 0.25) is 0 Å². The van der Waals surface area contributed by atoms with Gasteiger partial charge in [-0.15, -0.1) is 0 Å². The lowest BCUT2D eigenvalue weighted by Crippen LogP contribution is -2.40. The smallest absolute Gasteiger partial charge is 0.0972 e. The molecule has 4 unspecified atom stereocenters. The minimum Gasteiger partial charge on any atom is -0.377 e. The molecule has 2 N–H and O–H groups in total. The molecular weight excluding hydrogens is 332 g/mol. The Hall–Kier alpha value is -0.460. The predicted molar refractivity (Wildman–Crippen MR) is 88.3 cm³/mol. The van der Waals surface area contributed by atoms with E-state index in [1.807, 2.05) is 0 Å². The number of hydrogen-bond acceptors (Lipinski definition) is 4. The zero-order chi connectivity index (χ0) is 15.4. The van der Waals surface area contributed by atoms with Crippen LogP contribution in [-0.4, -0.2) is 50.5 Å². The topological polar surface area (TPSA) is 47.7 Å². The van der Waals surface area contributed by atoms with Gasteiger partial charge >= 0.3 is 0 Å². The van der Waals surface area contributed by atoms with E-state index < -0.39 is 0 Å². The molecule has 4 nitrogen and oxygen atoms in total. The molecule has 5 heteroatoms. The molecule has 1 saturated heterocycles. The number of benzene rings is 1. The quantitative estimate of drug-likeness (QED) is 0.850. The van der Waals surface area contributed by atoms with Crippen LogP contribution in [0.1, 0.15) is 24.9 Å². The van der Waals surface area contributed by atoms with E-state index in [0.717, 1.165) is 24.0 Å². The Kier molecular flexibility index (Phi) is 6.20. The summed E-state index contributed by atoms with van der Waals surface area (Å²) in [7, 11) is 3.49. The van der Waals surface area contributed by atoms with E-state index in [1.165, 1.54) is 5.56 Å². The molecule has 0 saturated carbocycles. The number of halogens is 1. The van der Waals surface area contributed by atoms with Gasteiger partial charge in [0.1, 0.15) is 0 Å². The van der Waals surface area contributed by atoms with Crippen molar-refractivity contribution in [3.8, 4) is 0 Å². The first-order chi connectivity index (χ1) is 10.1. The Morgan fingerprint density at radius 1 is 1.19 bits per heavy atom. The van der Waals surface area contributed by atoms with Crippen LogP contribution in [0.3, 0.4) is 0 Å². The van der Waals surface area contributed by atoms with Crippen molar-refractivity contribution in [2.45, 2.75) is 37.6 Å². The summed E-state index contributed by atoms with van der Waals surface area (Å²) >= 11 is 3.49. The molecule has 2 rings (SSSR count). The van der Waals surface area contributed by atoms with Crippen LogP contribution in [-0.2, 0) is 9.47 Å². The van der Waals surface area contributed by atoms with Gasteiger partial charge in [-0.25, -0.2) is 0 Å². The van der Waals surface area contributed by atoms with Crippen molar-refractivity contribution in [3.63, 3.8) is 0 Å². The summed E-state index contributed by atoms with van der Waals surface area (Å²) in [5.41, 5.74) is 7.66. The van der Waals surface area contributed by atoms with Crippen molar-refractivity contribution in [3.05, 3.63) is 34.3 Å². The van der Waals surface area contributed by atoms with Crippen LogP contribution in [0.25, 0.3) is 0 Å². The minimum atomic E-state index is 0.0966. The van der Waals surface area contributed by atoms with Crippen molar-refractivity contribution in [2.24, 2.45) is 5.73 Å². The van der Waals surface area contributed by atoms with E-state index in [4.69, 9.17) is 15.2 Å². The molecule has 0 amide bonds. The molecule has 1 fully saturated rings. The summed E-state index contributed by atoms with van der Waals surface area (Å²) in [6, 6.07) is 8.73. The minimum absolute atomic E-state index is 0.0966. The zero-order valence-electron chi connectivity index (χ0n) is 13.0. The molecule has 0 aromatic heterocycles. The van der Waals surface area contributed by atoms with Crippen LogP contribution >= 0.6 is 15.9 Å². The number of ether oxygens (including phenoxy) is 2. The second-order valence-corrected chi connectivity index (χ2v) is 6.49. The number of nitrogens with zero attached hydrogens (tertiary/aromatic N) is 1. The van der Waals surface area contributed by atoms with Crippen molar-refractivity contribution < 1.29 is 9.47 Å². The van der Waals surface area contributed by atoms with Crippen LogP contribution < -0.4 is 5.73 Å². The Balaban J connectivity index is 2.23. The fraction of sp³-hybridized carbons (Fsp3) is 0.625. The molecule has 21 heavy (non-hydrogen) atoms. The number of hydrogen-bond donors (Lipinski definition) is 1. The molecule has 0 spiro atoms. The number of likely N-dealkylation sites (tertiary alicyclic amines) is 1. The van der Waals surface area contributed by atoms with Gasteiger partial charge in [-0.3, -0.25) is 4.90 Å². The maximum absolute atomic E-state index is 6.41. The predicted octanol–water partition coefficient (Wildman–Crippen LogP) is 2.57. The molecule has 1 aromatic rings. The van der Waals surface area contributed by atoms with Gasteiger partial charge in [0.25, 0.3) is 0 Å². The zero-order valence-corrected chi connectivity index (χ0v) is 14.5. The van der Waals surface area contributed by atoms with Crippen LogP contribution in [0.5, 0.6) is 0 Å². The van der Waals surface area contributed by atoms with Crippen molar-refractivity contribution in [1.82, 2.24) is 4.90 Å². The summed E-state index contributed by atoms with van der Waals surface area (Å²) in [5, 5.41) is 0. The summed E-state index contributed by atoms with van der Waals surface area (Å²) in [6.45, 7) is 3.83. The maximum Gasteiger partial charge on any atom is 0.0972 e. The molecule has 118 valence electrons. The second-order valence-electron chi connectivity index (χ2n) is 5.57. The Morgan fingerprint density at radius 3 is 2.14 bits per heavy atom. The summed E-state index contributed by atoms with van der Waals surface area (Å²) < 4.78 is 12.2. The number of methoxy groups -OCH3 is 2. The van der Waals surface area contributed by atoms with Gasteiger partial charge in [0.15, 0.2) is 0 Å². The normalized spacial score (nSPS) is 26.0. The van der Waals surface area contributed by atoms with Crippen LogP contribution in [0.2, 0.25) is 0 Å². The summed E-state index contributed by atoms with van der Waals surface area (Å²) in [6.07, 6.45) is 1.15. The molecule has 1 aliphatic heterocycles. The maximum atomic E-state index is 6.41. The van der Waals surface area contributed by atoms with E-state index in [2.05, 4.69) is 52.0 Å². The lowest BCUT2D eigenvalue weighted by molar-refractivity contribution is -0.00461. The van der Waals surface area contributed by atoms with Gasteiger partial charge < -0.3 is 15.2 Å². The molecule has 0 aliphatic carbocycles. The average Bonchev–Trinajstić information content (AvgIpc) is 2.92. The third kappa shape index (κ3) is 3.85. The van der Waals surface area contributed by atoms with Gasteiger partial charge in [0, 0.05) is 37.8 Å². The van der Waals surface area contributed by atoms with Gasteiger partial charge in [0.05, 0.1) is 18.2 Å². The lowest BCUT2D eigenvalue weighted by Gasteiger charge is -2.32. The highest BCUT2D eigenvalue weighted by Gasteiger charge is 2.38. The van der Waals surface area contributed by atoms with Gasteiger partial charge in [-0.1, -0.05) is 35.0 Å². The third-order valence-electron chi connectivity index (χ3n) is 4.33. The van der Waals surface area contributed by atoms with E-state index in [-0.39, 0.29) is 24.3 Å². The van der Waals surface area contributed by atoms with E-state index in [0.29, 0.717) is 0 Å². The number of nitrogens with two attached hydrogens (primary N) is 1. The van der Waals surface area contributed by atoms with Crippen molar-refractivity contribution in [1.29, 1.82) is 0 Å². The van der Waals surface area contributed by atoms with E-state index in [1.54, 1.807) is 14.2 Å². The molecule has 1 aromatic carbocycles. The number of rotatable bonds is 6. The molecule has 0 radical (unpaired) electrons. The summed E-state index contributed by atoms with van der Waals surface area (Å²) in [4.78, 5) is 2.39. The molecule has 1 heterocycles. The van der Waals surface area contributed by atoms with Crippen LogP contribution in [0, 0.1) is 0 Å². The first-order valence-corrected chi connectivity index (χ1v) is 8.20. The highest BCUT2D eigenvalue weighted by molar-refractivity contribution is 9.10.